The van der Waals surface area contributed by atoms with Gasteiger partial charge >= 0.3 is 0 Å². The summed E-state index contributed by atoms with van der Waals surface area (Å²) in [5.74, 6) is 0. The van der Waals surface area contributed by atoms with Crippen LogP contribution in [0.2, 0.25) is 13.1 Å². The van der Waals surface area contributed by atoms with E-state index in [1.165, 1.54) is 167 Å². The van der Waals surface area contributed by atoms with E-state index in [1.54, 1.807) is 0 Å². The van der Waals surface area contributed by atoms with Gasteiger partial charge in [0, 0.05) is 0 Å². The first-order valence-electron chi connectivity index (χ1n) is 25.7. The molecule has 0 aromatic heterocycles. The highest BCUT2D eigenvalue weighted by Gasteiger charge is 2.34. The average Bonchev–Trinajstić information content (AvgIpc) is 3.37. The van der Waals surface area contributed by atoms with Crippen LogP contribution in [0.3, 0.4) is 0 Å². The molecular weight excluding hydrogens is 873 g/mol. The summed E-state index contributed by atoms with van der Waals surface area (Å²) in [6.07, 6.45) is 4.89. The molecule has 0 radical (unpaired) electrons. The first-order chi connectivity index (χ1) is 33.6. The lowest BCUT2D eigenvalue weighted by atomic mass is 9.91. The Morgan fingerprint density at radius 3 is 0.718 bits per heavy atom. The van der Waals surface area contributed by atoms with E-state index in [1.807, 2.05) is 0 Å². The minimum absolute atomic E-state index is 1.26. The summed E-state index contributed by atoms with van der Waals surface area (Å²) in [5.41, 5.74) is 36.0. The minimum Gasteiger partial charge on any atom is -0.309 e. The molecule has 0 fully saturated rings. The van der Waals surface area contributed by atoms with Gasteiger partial charge < -0.3 is 9.80 Å². The summed E-state index contributed by atoms with van der Waals surface area (Å²) in [6.45, 7) is 41.4. The fraction of sp³-hybridized carbons (Fsp3) is 0.265. The predicted octanol–water partition coefficient (Wildman–Crippen LogP) is 18.2. The van der Waals surface area contributed by atoms with Crippen LogP contribution >= 0.6 is 0 Å². The summed E-state index contributed by atoms with van der Waals surface area (Å²) in [5, 5.41) is 2.96. The molecule has 9 rings (SSSR count). The van der Waals surface area contributed by atoms with Crippen molar-refractivity contribution in [2.24, 2.45) is 0 Å². The van der Waals surface area contributed by atoms with Crippen molar-refractivity contribution in [3.8, 4) is 22.3 Å². The van der Waals surface area contributed by atoms with Crippen molar-refractivity contribution >= 4 is 64.7 Å². The molecule has 360 valence electrons. The SMILES string of the molecule is Cc1cc(C)c(N(c2c(C)cc(C)cc2C)c2c(C)cc(-c3cccc4c3C=Cc3c(-c5cc(C)c(N(c6c(C)cc(C)cc6C)c6c(C)cc(C)cc6C)c(C)c5)cccc3[Si]4(C)C)cc2C)c(C)c1. The molecule has 0 atom stereocenters. The van der Waals surface area contributed by atoms with Crippen LogP contribution in [0.15, 0.2) is 109 Å². The largest absolute Gasteiger partial charge is 0.309 e. The number of aryl methyl sites for hydroxylation is 16. The second kappa shape index (κ2) is 18.5. The second-order valence-corrected chi connectivity index (χ2v) is 26.4. The molecule has 3 heteroatoms. The fourth-order valence-electron chi connectivity index (χ4n) is 13.1. The molecule has 1 heterocycles. The molecule has 2 nitrogen and oxygen atoms in total. The number of nitrogens with zero attached hydrogens (tertiary/aromatic N) is 2. The highest BCUT2D eigenvalue weighted by molar-refractivity contribution is 7.01. The molecule has 0 amide bonds. The standard InChI is InChI=1S/C68H74N2Si/c1-39-27-43(5)63(44(6)28-39)69(64-45(7)29-40(2)30-46(64)8)67-51(13)35-55(36-52(67)14)57-21-19-23-61-59(57)25-26-60-58(22-20-24-62(60)71(61,17)18)56-37-53(15)68(54(16)38-56)70(65-47(9)31-41(3)32-48(65)10)66-49(11)33-42(4)34-50(66)12/h19-38H,1-18H3. The van der Waals surface area contributed by atoms with Gasteiger partial charge in [-0.1, -0.05) is 132 Å². The first kappa shape index (κ1) is 49.3. The smallest absolute Gasteiger partial charge is 0.113 e. The van der Waals surface area contributed by atoms with E-state index in [0.717, 1.165) is 0 Å². The van der Waals surface area contributed by atoms with Gasteiger partial charge in [0.2, 0.25) is 0 Å². The van der Waals surface area contributed by atoms with E-state index in [2.05, 4.69) is 255 Å². The van der Waals surface area contributed by atoms with Crippen LogP contribution in [-0.4, -0.2) is 8.07 Å². The van der Waals surface area contributed by atoms with E-state index in [9.17, 15) is 0 Å². The van der Waals surface area contributed by atoms with Crippen molar-refractivity contribution in [1.29, 1.82) is 0 Å². The van der Waals surface area contributed by atoms with E-state index >= 15 is 0 Å². The molecule has 1 aliphatic rings. The normalized spacial score (nSPS) is 12.7. The zero-order valence-corrected chi connectivity index (χ0v) is 46.9. The summed E-state index contributed by atoms with van der Waals surface area (Å²) < 4.78 is 0. The first-order valence-corrected chi connectivity index (χ1v) is 28.7. The van der Waals surface area contributed by atoms with Crippen LogP contribution in [0, 0.1) is 111 Å². The van der Waals surface area contributed by atoms with Gasteiger partial charge in [-0.15, -0.1) is 0 Å². The molecule has 0 saturated heterocycles. The number of hydrogen-bond donors (Lipinski definition) is 0. The van der Waals surface area contributed by atoms with Crippen molar-refractivity contribution in [3.05, 3.63) is 209 Å². The van der Waals surface area contributed by atoms with Gasteiger partial charge in [0.05, 0.1) is 34.1 Å². The van der Waals surface area contributed by atoms with Gasteiger partial charge in [-0.3, -0.25) is 0 Å². The maximum atomic E-state index is 2.57. The predicted molar refractivity (Wildman–Crippen MR) is 315 cm³/mol. The van der Waals surface area contributed by atoms with Crippen LogP contribution in [0.25, 0.3) is 34.4 Å². The zero-order valence-electron chi connectivity index (χ0n) is 45.9. The third kappa shape index (κ3) is 8.61. The van der Waals surface area contributed by atoms with Crippen molar-refractivity contribution in [3.63, 3.8) is 0 Å². The number of anilines is 6. The van der Waals surface area contributed by atoms with Gasteiger partial charge in [0.15, 0.2) is 0 Å². The number of benzene rings is 8. The van der Waals surface area contributed by atoms with Gasteiger partial charge in [0.1, 0.15) is 8.07 Å². The molecule has 71 heavy (non-hydrogen) atoms. The molecule has 8 aromatic rings. The Hall–Kier alpha value is -6.68. The van der Waals surface area contributed by atoms with Crippen LogP contribution in [-0.2, 0) is 0 Å². The molecule has 0 saturated carbocycles. The monoisotopic (exact) mass is 947 g/mol. The van der Waals surface area contributed by atoms with E-state index < -0.39 is 8.07 Å². The van der Waals surface area contributed by atoms with E-state index in [0.29, 0.717) is 0 Å². The second-order valence-electron chi connectivity index (χ2n) is 22.1. The Kier molecular flexibility index (Phi) is 12.8. The third-order valence-electron chi connectivity index (χ3n) is 15.5. The third-order valence-corrected chi connectivity index (χ3v) is 19.0. The molecule has 0 N–H and O–H groups in total. The Balaban J connectivity index is 1.18. The molecule has 0 aliphatic carbocycles. The van der Waals surface area contributed by atoms with Crippen molar-refractivity contribution in [2.75, 3.05) is 9.80 Å². The summed E-state index contributed by atoms with van der Waals surface area (Å²) in [7, 11) is -2.25. The van der Waals surface area contributed by atoms with Crippen molar-refractivity contribution in [1.82, 2.24) is 0 Å². The minimum atomic E-state index is -2.25. The van der Waals surface area contributed by atoms with E-state index in [4.69, 9.17) is 0 Å². The number of fused-ring (bicyclic) bond motifs is 2. The summed E-state index contributed by atoms with van der Waals surface area (Å²) in [4.78, 5) is 5.15. The lowest BCUT2D eigenvalue weighted by molar-refractivity contribution is 1.14. The average molecular weight is 947 g/mol. The van der Waals surface area contributed by atoms with Crippen LogP contribution in [0.1, 0.15) is 100 Å². The zero-order chi connectivity index (χ0) is 51.1. The topological polar surface area (TPSA) is 6.48 Å². The summed E-state index contributed by atoms with van der Waals surface area (Å²) in [6, 6.07) is 42.6. The maximum absolute atomic E-state index is 2.57. The molecule has 8 aromatic carbocycles. The lowest BCUT2D eigenvalue weighted by Gasteiger charge is -2.34. The maximum Gasteiger partial charge on any atom is 0.113 e. The molecule has 0 unspecified atom stereocenters. The lowest BCUT2D eigenvalue weighted by Crippen LogP contribution is -2.54. The number of hydrogen-bond acceptors (Lipinski definition) is 2. The summed E-state index contributed by atoms with van der Waals surface area (Å²) >= 11 is 0. The Labute approximate surface area is 427 Å². The van der Waals surface area contributed by atoms with Crippen molar-refractivity contribution < 1.29 is 0 Å². The highest BCUT2D eigenvalue weighted by atomic mass is 28.3. The molecular formula is C68H74N2Si. The Morgan fingerprint density at radius 2 is 0.493 bits per heavy atom. The quantitative estimate of drug-likeness (QED) is 0.140. The Morgan fingerprint density at radius 1 is 0.282 bits per heavy atom. The number of rotatable bonds is 8. The van der Waals surface area contributed by atoms with Crippen molar-refractivity contribution in [2.45, 2.75) is 124 Å². The van der Waals surface area contributed by atoms with Gasteiger partial charge in [-0.05, 0) is 246 Å². The Bertz CT molecular complexity index is 3040. The van der Waals surface area contributed by atoms with Crippen LogP contribution in [0.4, 0.5) is 34.1 Å². The van der Waals surface area contributed by atoms with E-state index in [-0.39, 0.29) is 0 Å². The van der Waals surface area contributed by atoms with Gasteiger partial charge in [-0.2, -0.15) is 0 Å². The van der Waals surface area contributed by atoms with Gasteiger partial charge in [-0.25, -0.2) is 0 Å². The highest BCUT2D eigenvalue weighted by Crippen LogP contribution is 2.49. The van der Waals surface area contributed by atoms with Gasteiger partial charge in [0.25, 0.3) is 0 Å². The fourth-order valence-corrected chi connectivity index (χ4v) is 16.2. The molecule has 1 aliphatic heterocycles. The molecule has 0 bridgehead atoms. The molecule has 0 spiro atoms. The van der Waals surface area contributed by atoms with Crippen LogP contribution < -0.4 is 20.2 Å². The van der Waals surface area contributed by atoms with Crippen LogP contribution in [0.5, 0.6) is 0 Å².